The fourth-order valence-corrected chi connectivity index (χ4v) is 4.27. The molecule has 5 aromatic rings. The van der Waals surface area contributed by atoms with Crippen molar-refractivity contribution in [3.63, 3.8) is 0 Å². The Hall–Kier alpha value is -4.38. The van der Waals surface area contributed by atoms with Crippen molar-refractivity contribution in [2.45, 2.75) is 31.7 Å². The van der Waals surface area contributed by atoms with E-state index in [1.807, 2.05) is 6.20 Å². The minimum absolute atomic E-state index is 0.0568. The van der Waals surface area contributed by atoms with E-state index in [1.54, 1.807) is 24.3 Å². The number of hydrogen-bond donors (Lipinski definition) is 3. The number of carbonyl (C=O) groups is 1. The number of benzene rings is 1. The van der Waals surface area contributed by atoms with E-state index >= 15 is 0 Å². The number of nitrogens with zero attached hydrogens (tertiary/aromatic N) is 7. The molecular formula is C24H21ClN10O. The standard InChI is InChI=1S/C24H21ClN10O/c25-17-4-5-19(24-31-33-34-32-24)16(7-17)8-23(36)30-21-9-20(27-13-28-21)26-10-18-12-35-11-15(14-1-2-14)3-6-22(35)29-18/h3-7,9,11-14H,1-2,8,10H2,(H,31,32,33,34)(H2,26,27,28,30,36). The van der Waals surface area contributed by atoms with Gasteiger partial charge in [-0.15, -0.1) is 10.2 Å². The Kier molecular flexibility index (Phi) is 5.74. The van der Waals surface area contributed by atoms with Crippen LogP contribution in [0, 0.1) is 0 Å². The number of rotatable bonds is 8. The van der Waals surface area contributed by atoms with Gasteiger partial charge in [0, 0.05) is 29.0 Å². The highest BCUT2D eigenvalue weighted by atomic mass is 35.5. The van der Waals surface area contributed by atoms with Crippen molar-refractivity contribution in [2.75, 3.05) is 10.6 Å². The van der Waals surface area contributed by atoms with E-state index < -0.39 is 0 Å². The molecular weight excluding hydrogens is 480 g/mol. The molecule has 11 nitrogen and oxygen atoms in total. The van der Waals surface area contributed by atoms with Gasteiger partial charge in [0.1, 0.15) is 23.6 Å². The molecule has 1 aromatic carbocycles. The van der Waals surface area contributed by atoms with Gasteiger partial charge in [0.25, 0.3) is 0 Å². The number of aromatic amines is 1. The zero-order valence-corrected chi connectivity index (χ0v) is 19.8. The van der Waals surface area contributed by atoms with Gasteiger partial charge in [-0.1, -0.05) is 17.7 Å². The van der Waals surface area contributed by atoms with Gasteiger partial charge < -0.3 is 15.0 Å². The molecule has 1 saturated carbocycles. The molecule has 3 N–H and O–H groups in total. The summed E-state index contributed by atoms with van der Waals surface area (Å²) in [6, 6.07) is 11.1. The fraction of sp³-hybridized carbons (Fsp3) is 0.208. The maximum atomic E-state index is 12.8. The van der Waals surface area contributed by atoms with Crippen molar-refractivity contribution < 1.29 is 4.79 Å². The van der Waals surface area contributed by atoms with Crippen LogP contribution in [-0.2, 0) is 17.8 Å². The molecule has 0 atom stereocenters. The lowest BCUT2D eigenvalue weighted by atomic mass is 10.0. The second-order valence-corrected chi connectivity index (χ2v) is 9.07. The molecule has 6 rings (SSSR count). The van der Waals surface area contributed by atoms with E-state index in [2.05, 4.69) is 68.9 Å². The van der Waals surface area contributed by atoms with Crippen LogP contribution < -0.4 is 10.6 Å². The maximum absolute atomic E-state index is 12.8. The lowest BCUT2D eigenvalue weighted by molar-refractivity contribution is -0.115. The SMILES string of the molecule is O=C(Cc1cc(Cl)ccc1-c1nn[nH]n1)Nc1cc(NCc2cn3cc(C4CC4)ccc3n2)ncn1. The number of nitrogens with one attached hydrogen (secondary N) is 3. The number of pyridine rings is 1. The molecule has 1 amide bonds. The van der Waals surface area contributed by atoms with Crippen molar-refractivity contribution in [2.24, 2.45) is 0 Å². The second-order valence-electron chi connectivity index (χ2n) is 8.64. The van der Waals surface area contributed by atoms with Crippen molar-refractivity contribution in [3.8, 4) is 11.4 Å². The lowest BCUT2D eigenvalue weighted by Gasteiger charge is -2.09. The molecule has 4 heterocycles. The number of H-pyrrole nitrogens is 1. The highest BCUT2D eigenvalue weighted by Gasteiger charge is 2.23. The molecule has 180 valence electrons. The van der Waals surface area contributed by atoms with Crippen molar-refractivity contribution in [3.05, 3.63) is 77.0 Å². The molecule has 12 heteroatoms. The van der Waals surface area contributed by atoms with Crippen molar-refractivity contribution in [1.29, 1.82) is 0 Å². The van der Waals surface area contributed by atoms with E-state index in [1.165, 1.54) is 24.7 Å². The van der Waals surface area contributed by atoms with Gasteiger partial charge >= 0.3 is 0 Å². The summed E-state index contributed by atoms with van der Waals surface area (Å²) in [4.78, 5) is 25.9. The Bertz CT molecular complexity index is 1540. The second kappa shape index (κ2) is 9.34. The summed E-state index contributed by atoms with van der Waals surface area (Å²) in [5, 5.41) is 20.6. The summed E-state index contributed by atoms with van der Waals surface area (Å²) in [5.74, 6) is 1.77. The van der Waals surface area contributed by atoms with E-state index in [9.17, 15) is 4.79 Å². The average Bonchev–Trinajstić information content (AvgIpc) is 3.41. The molecule has 1 aliphatic rings. The Morgan fingerprint density at radius 2 is 2.00 bits per heavy atom. The number of halogens is 1. The number of anilines is 2. The number of carbonyl (C=O) groups excluding carboxylic acids is 1. The smallest absolute Gasteiger partial charge is 0.229 e. The predicted octanol–water partition coefficient (Wildman–Crippen LogP) is 3.63. The van der Waals surface area contributed by atoms with Crippen LogP contribution in [0.15, 0.2) is 55.1 Å². The van der Waals surface area contributed by atoms with Crippen LogP contribution in [0.2, 0.25) is 5.02 Å². The zero-order chi connectivity index (χ0) is 24.5. The maximum Gasteiger partial charge on any atom is 0.229 e. The number of hydrogen-bond acceptors (Lipinski definition) is 8. The third-order valence-corrected chi connectivity index (χ3v) is 6.20. The van der Waals surface area contributed by atoms with Crippen LogP contribution in [0.3, 0.4) is 0 Å². The lowest BCUT2D eigenvalue weighted by Crippen LogP contribution is -2.16. The summed E-state index contributed by atoms with van der Waals surface area (Å²) >= 11 is 6.15. The summed E-state index contributed by atoms with van der Waals surface area (Å²) in [6.07, 6.45) is 8.16. The van der Waals surface area contributed by atoms with Gasteiger partial charge in [0.05, 0.1) is 18.7 Å². The fourth-order valence-electron chi connectivity index (χ4n) is 4.07. The van der Waals surface area contributed by atoms with Crippen LogP contribution >= 0.6 is 11.6 Å². The Morgan fingerprint density at radius 1 is 1.11 bits per heavy atom. The molecule has 0 radical (unpaired) electrons. The molecule has 0 bridgehead atoms. The van der Waals surface area contributed by atoms with Gasteiger partial charge in [0.15, 0.2) is 0 Å². The average molecular weight is 501 g/mol. The minimum Gasteiger partial charge on any atom is -0.364 e. The zero-order valence-electron chi connectivity index (χ0n) is 19.0. The quantitative estimate of drug-likeness (QED) is 0.293. The molecule has 4 aromatic heterocycles. The third-order valence-electron chi connectivity index (χ3n) is 5.96. The number of imidazole rings is 1. The van der Waals surface area contributed by atoms with Crippen LogP contribution in [0.5, 0.6) is 0 Å². The molecule has 0 aliphatic heterocycles. The van der Waals surface area contributed by atoms with Gasteiger partial charge in [-0.05, 0) is 59.4 Å². The highest BCUT2D eigenvalue weighted by Crippen LogP contribution is 2.39. The van der Waals surface area contributed by atoms with Crippen LogP contribution in [-0.4, -0.2) is 45.9 Å². The summed E-state index contributed by atoms with van der Waals surface area (Å²) in [5.41, 5.74) is 4.50. The molecule has 1 fully saturated rings. The molecule has 36 heavy (non-hydrogen) atoms. The molecule has 0 spiro atoms. The van der Waals surface area contributed by atoms with Crippen LogP contribution in [0.4, 0.5) is 11.6 Å². The van der Waals surface area contributed by atoms with Gasteiger partial charge in [-0.25, -0.2) is 15.0 Å². The number of fused-ring (bicyclic) bond motifs is 1. The Morgan fingerprint density at radius 3 is 2.83 bits per heavy atom. The predicted molar refractivity (Wildman–Crippen MR) is 133 cm³/mol. The van der Waals surface area contributed by atoms with E-state index in [-0.39, 0.29) is 12.3 Å². The molecule has 0 saturated heterocycles. The van der Waals surface area contributed by atoms with Gasteiger partial charge in [-0.3, -0.25) is 4.79 Å². The summed E-state index contributed by atoms with van der Waals surface area (Å²) in [6.45, 7) is 0.488. The van der Waals surface area contributed by atoms with Crippen molar-refractivity contribution >= 4 is 34.8 Å². The molecule has 0 unspecified atom stereocenters. The largest absolute Gasteiger partial charge is 0.364 e. The summed E-state index contributed by atoms with van der Waals surface area (Å²) in [7, 11) is 0. The normalized spacial score (nSPS) is 13.1. The molecule has 1 aliphatic carbocycles. The highest BCUT2D eigenvalue weighted by molar-refractivity contribution is 6.30. The first-order valence-corrected chi connectivity index (χ1v) is 11.8. The Balaban J connectivity index is 1.11. The van der Waals surface area contributed by atoms with E-state index in [0.717, 1.165) is 11.3 Å². The third kappa shape index (κ3) is 4.86. The first-order valence-electron chi connectivity index (χ1n) is 11.5. The number of aromatic nitrogens is 8. The van der Waals surface area contributed by atoms with E-state index in [4.69, 9.17) is 11.6 Å². The van der Waals surface area contributed by atoms with Crippen LogP contribution in [0.1, 0.15) is 35.6 Å². The first kappa shape index (κ1) is 22.1. The summed E-state index contributed by atoms with van der Waals surface area (Å²) < 4.78 is 2.06. The van der Waals surface area contributed by atoms with Crippen LogP contribution in [0.25, 0.3) is 17.0 Å². The van der Waals surface area contributed by atoms with Crippen molar-refractivity contribution in [1.82, 2.24) is 40.0 Å². The topological polar surface area (TPSA) is 139 Å². The monoisotopic (exact) mass is 500 g/mol. The van der Waals surface area contributed by atoms with Gasteiger partial charge in [0.2, 0.25) is 11.7 Å². The first-order chi connectivity index (χ1) is 17.6. The Labute approximate surface area is 210 Å². The number of tetrazole rings is 1. The number of amides is 1. The van der Waals surface area contributed by atoms with Gasteiger partial charge in [-0.2, -0.15) is 5.21 Å². The minimum atomic E-state index is -0.265. The van der Waals surface area contributed by atoms with E-state index in [0.29, 0.717) is 46.1 Å².